The zero-order chi connectivity index (χ0) is 17.7. The summed E-state index contributed by atoms with van der Waals surface area (Å²) in [5.41, 5.74) is 6.06. The molecule has 1 atom stereocenters. The van der Waals surface area contributed by atoms with Gasteiger partial charge in [0.25, 0.3) is 0 Å². The zero-order valence-corrected chi connectivity index (χ0v) is 16.8. The highest BCUT2D eigenvalue weighted by molar-refractivity contribution is 14.0. The van der Waals surface area contributed by atoms with Crippen molar-refractivity contribution in [1.29, 1.82) is 0 Å². The summed E-state index contributed by atoms with van der Waals surface area (Å²) < 4.78 is 38.2. The summed E-state index contributed by atoms with van der Waals surface area (Å²) >= 11 is 0. The average molecular weight is 470 g/mol. The Morgan fingerprint density at radius 3 is 2.24 bits per heavy atom. The highest BCUT2D eigenvalue weighted by Crippen LogP contribution is 2.31. The third kappa shape index (κ3) is 6.65. The van der Waals surface area contributed by atoms with E-state index in [0.717, 1.165) is 43.6 Å². The van der Waals surface area contributed by atoms with Crippen molar-refractivity contribution in [2.45, 2.75) is 44.9 Å². The number of aliphatic imine (C=N–C) groups is 1. The fourth-order valence-corrected chi connectivity index (χ4v) is 2.66. The Balaban J connectivity index is 0.00000312. The number of halogens is 4. The monoisotopic (exact) mass is 470 g/mol. The molecule has 4 nitrogen and oxygen atoms in total. The lowest BCUT2D eigenvalue weighted by Gasteiger charge is -2.29. The molecule has 1 unspecified atom stereocenters. The van der Waals surface area contributed by atoms with Crippen LogP contribution >= 0.6 is 24.0 Å². The van der Waals surface area contributed by atoms with Gasteiger partial charge in [0.15, 0.2) is 5.96 Å². The minimum absolute atomic E-state index is 0. The molecular weight excluding hydrogens is 444 g/mol. The standard InChI is InChI=1S/C17H25F3N4.HI/c1-3-24(4-2)15(11-22-16(21)23-14-9-10-14)12-5-7-13(8-6-12)17(18,19)20;/h5-8,14-15H,3-4,9-11H2,1-2H3,(H3,21,22,23);1H. The maximum Gasteiger partial charge on any atom is 0.416 e. The highest BCUT2D eigenvalue weighted by Gasteiger charge is 2.30. The van der Waals surface area contributed by atoms with Crippen molar-refractivity contribution >= 4 is 29.9 Å². The Kier molecular flexibility index (Phi) is 8.46. The molecule has 1 aromatic rings. The van der Waals surface area contributed by atoms with Crippen molar-refractivity contribution in [3.8, 4) is 0 Å². The summed E-state index contributed by atoms with van der Waals surface area (Å²) in [5.74, 6) is 0.404. The van der Waals surface area contributed by atoms with Crippen molar-refractivity contribution in [2.75, 3.05) is 19.6 Å². The first-order chi connectivity index (χ1) is 11.3. The second-order valence-electron chi connectivity index (χ2n) is 6.00. The molecule has 0 bridgehead atoms. The van der Waals surface area contributed by atoms with Crippen molar-refractivity contribution in [2.24, 2.45) is 10.7 Å². The third-order valence-corrected chi connectivity index (χ3v) is 4.24. The van der Waals surface area contributed by atoms with Crippen molar-refractivity contribution in [3.05, 3.63) is 35.4 Å². The van der Waals surface area contributed by atoms with Gasteiger partial charge in [0.05, 0.1) is 18.2 Å². The van der Waals surface area contributed by atoms with Crippen LogP contribution in [-0.4, -0.2) is 36.5 Å². The van der Waals surface area contributed by atoms with E-state index < -0.39 is 11.7 Å². The maximum atomic E-state index is 12.7. The predicted octanol–water partition coefficient (Wildman–Crippen LogP) is 3.77. The summed E-state index contributed by atoms with van der Waals surface area (Å²) in [6, 6.07) is 5.65. The first-order valence-electron chi connectivity index (χ1n) is 8.32. The molecule has 0 radical (unpaired) electrons. The van der Waals surface area contributed by atoms with Crippen LogP contribution in [0.1, 0.15) is 43.9 Å². The van der Waals surface area contributed by atoms with Crippen LogP contribution in [0.25, 0.3) is 0 Å². The van der Waals surface area contributed by atoms with Crippen molar-refractivity contribution < 1.29 is 13.2 Å². The Bertz CT molecular complexity index is 552. The lowest BCUT2D eigenvalue weighted by atomic mass is 10.0. The lowest BCUT2D eigenvalue weighted by Crippen LogP contribution is -2.35. The third-order valence-electron chi connectivity index (χ3n) is 4.24. The molecule has 1 aromatic carbocycles. The number of nitrogens with two attached hydrogens (primary N) is 1. The number of alkyl halides is 3. The number of nitrogens with one attached hydrogen (secondary N) is 1. The van der Waals surface area contributed by atoms with Crippen LogP contribution in [0.3, 0.4) is 0 Å². The Morgan fingerprint density at radius 1 is 1.24 bits per heavy atom. The molecule has 0 aliphatic heterocycles. The van der Waals surface area contributed by atoms with Crippen LogP contribution in [0, 0.1) is 0 Å². The maximum absolute atomic E-state index is 12.7. The number of likely N-dealkylation sites (N-methyl/N-ethyl adjacent to an activating group) is 1. The molecule has 0 saturated heterocycles. The van der Waals surface area contributed by atoms with Crippen LogP contribution in [-0.2, 0) is 6.18 Å². The van der Waals surface area contributed by atoms with E-state index in [0.29, 0.717) is 18.5 Å². The van der Waals surface area contributed by atoms with Gasteiger partial charge in [0.2, 0.25) is 0 Å². The van der Waals surface area contributed by atoms with Crippen LogP contribution in [0.2, 0.25) is 0 Å². The number of hydrogen-bond donors (Lipinski definition) is 2. The molecule has 1 aliphatic rings. The van der Waals surface area contributed by atoms with Gasteiger partial charge in [0, 0.05) is 6.04 Å². The summed E-state index contributed by atoms with van der Waals surface area (Å²) in [4.78, 5) is 6.55. The average Bonchev–Trinajstić information content (AvgIpc) is 3.34. The molecule has 0 heterocycles. The fourth-order valence-electron chi connectivity index (χ4n) is 2.66. The minimum Gasteiger partial charge on any atom is -0.370 e. The molecule has 1 fully saturated rings. The number of rotatable bonds is 7. The molecule has 3 N–H and O–H groups in total. The number of hydrogen-bond acceptors (Lipinski definition) is 2. The van der Waals surface area contributed by atoms with Crippen LogP contribution in [0.15, 0.2) is 29.3 Å². The van der Waals surface area contributed by atoms with Gasteiger partial charge in [-0.2, -0.15) is 13.2 Å². The van der Waals surface area contributed by atoms with Gasteiger partial charge < -0.3 is 11.1 Å². The van der Waals surface area contributed by atoms with Crippen LogP contribution in [0.4, 0.5) is 13.2 Å². The first-order valence-corrected chi connectivity index (χ1v) is 8.32. The minimum atomic E-state index is -4.32. The van der Waals surface area contributed by atoms with E-state index in [1.54, 1.807) is 0 Å². The molecule has 0 aromatic heterocycles. The van der Waals surface area contributed by atoms with E-state index >= 15 is 0 Å². The summed E-state index contributed by atoms with van der Waals surface area (Å²) in [7, 11) is 0. The molecule has 1 saturated carbocycles. The smallest absolute Gasteiger partial charge is 0.370 e. The van der Waals surface area contributed by atoms with Gasteiger partial charge in [0.1, 0.15) is 0 Å². The van der Waals surface area contributed by atoms with Crippen LogP contribution in [0.5, 0.6) is 0 Å². The number of nitrogens with zero attached hydrogens (tertiary/aromatic N) is 2. The predicted molar refractivity (Wildman–Crippen MR) is 105 cm³/mol. The van der Waals surface area contributed by atoms with E-state index in [-0.39, 0.29) is 30.0 Å². The fraction of sp³-hybridized carbons (Fsp3) is 0.588. The zero-order valence-electron chi connectivity index (χ0n) is 14.5. The van der Waals surface area contributed by atoms with Crippen molar-refractivity contribution in [1.82, 2.24) is 10.2 Å². The van der Waals surface area contributed by atoms with Gasteiger partial charge in [-0.05, 0) is 43.6 Å². The van der Waals surface area contributed by atoms with Gasteiger partial charge in [-0.3, -0.25) is 9.89 Å². The molecule has 2 rings (SSSR count). The number of guanidine groups is 1. The topological polar surface area (TPSA) is 53.6 Å². The molecule has 0 amide bonds. The van der Waals surface area contributed by atoms with E-state index in [1.165, 1.54) is 12.1 Å². The van der Waals surface area contributed by atoms with Crippen molar-refractivity contribution in [3.63, 3.8) is 0 Å². The Morgan fingerprint density at radius 2 is 1.80 bits per heavy atom. The van der Waals surface area contributed by atoms with E-state index in [1.807, 2.05) is 13.8 Å². The first kappa shape index (κ1) is 22.0. The molecule has 142 valence electrons. The quantitative estimate of drug-likeness (QED) is 0.363. The molecule has 0 spiro atoms. The molecule has 25 heavy (non-hydrogen) atoms. The Labute approximate surface area is 164 Å². The highest BCUT2D eigenvalue weighted by atomic mass is 127. The SMILES string of the molecule is CCN(CC)C(CN=C(N)NC1CC1)c1ccc(C(F)(F)F)cc1.I. The van der Waals surface area contributed by atoms with Gasteiger partial charge >= 0.3 is 6.18 Å². The Hall–Kier alpha value is -1.03. The second-order valence-corrected chi connectivity index (χ2v) is 6.00. The van der Waals surface area contributed by atoms with Crippen LogP contribution < -0.4 is 11.1 Å². The molecular formula is C17H26F3IN4. The lowest BCUT2D eigenvalue weighted by molar-refractivity contribution is -0.137. The summed E-state index contributed by atoms with van der Waals surface area (Å²) in [6.07, 6.45) is -2.11. The normalized spacial score (nSPS) is 16.5. The molecule has 1 aliphatic carbocycles. The largest absolute Gasteiger partial charge is 0.416 e. The second kappa shape index (κ2) is 9.61. The van der Waals surface area contributed by atoms with Gasteiger partial charge in [-0.1, -0.05) is 26.0 Å². The summed E-state index contributed by atoms with van der Waals surface area (Å²) in [6.45, 7) is 6.03. The van der Waals surface area contributed by atoms with E-state index in [9.17, 15) is 13.2 Å². The van der Waals surface area contributed by atoms with E-state index in [4.69, 9.17) is 5.73 Å². The van der Waals surface area contributed by atoms with Gasteiger partial charge in [-0.15, -0.1) is 24.0 Å². The van der Waals surface area contributed by atoms with E-state index in [2.05, 4.69) is 15.2 Å². The number of benzene rings is 1. The summed E-state index contributed by atoms with van der Waals surface area (Å²) in [5, 5.41) is 3.13. The molecule has 8 heteroatoms. The van der Waals surface area contributed by atoms with Gasteiger partial charge in [-0.25, -0.2) is 0 Å².